The van der Waals surface area contributed by atoms with Crippen LogP contribution in [-0.2, 0) is 25.8 Å². The Morgan fingerprint density at radius 3 is 2.57 bits per heavy atom. The van der Waals surface area contributed by atoms with Crippen molar-refractivity contribution < 1.29 is 28.7 Å². The first-order valence-corrected chi connectivity index (χ1v) is 2.90. The molecule has 0 fully saturated rings. The third-order valence-electron chi connectivity index (χ3n) is 0.702. The van der Waals surface area contributed by atoms with Crippen molar-refractivity contribution in [3.05, 3.63) is 23.2 Å². The van der Waals surface area contributed by atoms with Gasteiger partial charge in [-0.15, -0.1) is 5.30 Å². The zero-order valence-corrected chi connectivity index (χ0v) is 6.95. The van der Waals surface area contributed by atoms with E-state index in [2.05, 4.69) is 24.9 Å². The molecule has 36 valence electrons. The maximum Gasteiger partial charge on any atom is 3.00 e. The maximum atomic E-state index is 2.13. The molecular weight excluding hydrogens is 136 g/mol. The standard InChI is InChI=1S/C5H6P.Sc.2H/c1-5-3-2-4-6-5;;;/h2-4H,1H3;;;/q-1;+3;2*-1. The van der Waals surface area contributed by atoms with Crippen molar-refractivity contribution in [3.63, 3.8) is 0 Å². The predicted molar refractivity (Wildman–Crippen MR) is 31.5 cm³/mol. The fourth-order valence-corrected chi connectivity index (χ4v) is 0.965. The summed E-state index contributed by atoms with van der Waals surface area (Å²) in [6.07, 6.45) is 0. The van der Waals surface area contributed by atoms with Gasteiger partial charge < -0.3 is 2.85 Å². The van der Waals surface area contributed by atoms with Crippen LogP contribution in [0.2, 0.25) is 0 Å². The van der Waals surface area contributed by atoms with Gasteiger partial charge in [0.15, 0.2) is 0 Å². The quantitative estimate of drug-likeness (QED) is 0.490. The molecule has 0 N–H and O–H groups in total. The third-order valence-corrected chi connectivity index (χ3v) is 1.58. The Labute approximate surface area is 67.2 Å². The van der Waals surface area contributed by atoms with E-state index in [1.54, 1.807) is 0 Å². The van der Waals surface area contributed by atoms with Crippen molar-refractivity contribution in [1.29, 1.82) is 0 Å². The SMILES string of the molecule is C[c-]1cccp1.[H-].[H-].[Sc+3]. The summed E-state index contributed by atoms with van der Waals surface area (Å²) in [5, 5.41) is 1.44. The van der Waals surface area contributed by atoms with Crippen molar-refractivity contribution in [2.45, 2.75) is 6.92 Å². The summed E-state index contributed by atoms with van der Waals surface area (Å²) in [4.78, 5) is 0. The minimum absolute atomic E-state index is 0. The van der Waals surface area contributed by atoms with E-state index in [0.29, 0.717) is 0 Å². The average Bonchev–Trinajstić information content (AvgIpc) is 1.86. The number of hydrogen-bond acceptors (Lipinski definition) is 0. The molecule has 0 saturated heterocycles. The molecule has 0 bridgehead atoms. The molecule has 0 aromatic carbocycles. The van der Waals surface area contributed by atoms with Gasteiger partial charge in [-0.25, -0.2) is 14.3 Å². The number of rotatable bonds is 0. The molecule has 7 heavy (non-hydrogen) atoms. The third kappa shape index (κ3) is 2.46. The molecule has 1 aromatic heterocycles. The molecule has 1 aromatic rings. The van der Waals surface area contributed by atoms with Gasteiger partial charge in [0.1, 0.15) is 0 Å². The maximum absolute atomic E-state index is 2.13. The first kappa shape index (κ1) is 7.65. The van der Waals surface area contributed by atoms with Crippen molar-refractivity contribution in [2.75, 3.05) is 0 Å². The van der Waals surface area contributed by atoms with Gasteiger partial charge in [-0.1, -0.05) is 6.92 Å². The Bertz CT molecular complexity index is 119. The van der Waals surface area contributed by atoms with Crippen molar-refractivity contribution >= 4 is 8.19 Å². The van der Waals surface area contributed by atoms with E-state index in [-0.39, 0.29) is 28.7 Å². The molecule has 1 rings (SSSR count). The fraction of sp³-hybridized carbons (Fsp3) is 0.200. The van der Waals surface area contributed by atoms with Crippen LogP contribution in [0.3, 0.4) is 0 Å². The zero-order valence-electron chi connectivity index (χ0n) is 6.26. The van der Waals surface area contributed by atoms with E-state index in [1.807, 2.05) is 0 Å². The predicted octanol–water partition coefficient (Wildman–Crippen LogP) is 2.52. The van der Waals surface area contributed by atoms with Crippen LogP contribution in [0.5, 0.6) is 0 Å². The van der Waals surface area contributed by atoms with Crippen LogP contribution < -0.4 is 0 Å². The van der Waals surface area contributed by atoms with Crippen LogP contribution in [0.1, 0.15) is 8.15 Å². The minimum atomic E-state index is 0. The normalized spacial score (nSPS) is 8.71. The molecular formula is C5H8PSc. The molecule has 0 aliphatic carbocycles. The smallest absolute Gasteiger partial charge is 1.00 e. The molecule has 1 heterocycles. The molecule has 0 atom stereocenters. The minimum Gasteiger partial charge on any atom is -1.00 e. The molecule has 0 unspecified atom stereocenters. The second-order valence-corrected chi connectivity index (χ2v) is 2.54. The summed E-state index contributed by atoms with van der Waals surface area (Å²) in [6.45, 7) is 2.13. The van der Waals surface area contributed by atoms with Gasteiger partial charge in [-0.2, -0.15) is 11.9 Å². The zero-order chi connectivity index (χ0) is 4.41. The van der Waals surface area contributed by atoms with Gasteiger partial charge in [-0.05, 0) is 0 Å². The first-order valence-electron chi connectivity index (χ1n) is 1.94. The summed E-state index contributed by atoms with van der Waals surface area (Å²) in [5.41, 5.74) is 0. The molecule has 0 aliphatic heterocycles. The Morgan fingerprint density at radius 1 is 1.71 bits per heavy atom. The Morgan fingerprint density at radius 2 is 2.43 bits per heavy atom. The van der Waals surface area contributed by atoms with E-state index in [0.717, 1.165) is 0 Å². The van der Waals surface area contributed by atoms with Gasteiger partial charge in [0.05, 0.1) is 0 Å². The molecule has 0 aliphatic rings. The average molecular weight is 144 g/mol. The van der Waals surface area contributed by atoms with Gasteiger partial charge >= 0.3 is 25.8 Å². The first-order chi connectivity index (χ1) is 2.89. The van der Waals surface area contributed by atoms with E-state index < -0.39 is 0 Å². The monoisotopic (exact) mass is 144 g/mol. The van der Waals surface area contributed by atoms with Gasteiger partial charge in [0.25, 0.3) is 0 Å². The molecule has 0 nitrogen and oxygen atoms in total. The van der Waals surface area contributed by atoms with Gasteiger partial charge in [0, 0.05) is 0 Å². The van der Waals surface area contributed by atoms with E-state index in [1.165, 1.54) is 13.5 Å². The Kier molecular flexibility index (Phi) is 3.96. The molecule has 0 spiro atoms. The van der Waals surface area contributed by atoms with Crippen molar-refractivity contribution in [3.8, 4) is 0 Å². The second-order valence-electron chi connectivity index (χ2n) is 1.28. The summed E-state index contributed by atoms with van der Waals surface area (Å²) < 4.78 is 0. The summed E-state index contributed by atoms with van der Waals surface area (Å²) in [6, 6.07) is 4.21. The Hall–Kier alpha value is 0.650. The summed E-state index contributed by atoms with van der Waals surface area (Å²) in [5.74, 6) is 2.13. The van der Waals surface area contributed by atoms with Crippen LogP contribution >= 0.6 is 8.19 Å². The van der Waals surface area contributed by atoms with Gasteiger partial charge in [0.2, 0.25) is 0 Å². The topological polar surface area (TPSA) is 0 Å². The Balaban J connectivity index is -0.000000120. The molecule has 0 radical (unpaired) electrons. The van der Waals surface area contributed by atoms with Crippen molar-refractivity contribution in [1.82, 2.24) is 0 Å². The summed E-state index contributed by atoms with van der Waals surface area (Å²) in [7, 11) is 1.37. The van der Waals surface area contributed by atoms with Gasteiger partial charge in [-0.3, -0.25) is 0 Å². The largest absolute Gasteiger partial charge is 3.00 e. The second kappa shape index (κ2) is 3.63. The van der Waals surface area contributed by atoms with Crippen LogP contribution in [-0.4, -0.2) is 0 Å². The fourth-order valence-electron chi connectivity index (χ4n) is 0.386. The number of aryl methyl sites for hydroxylation is 1. The van der Waals surface area contributed by atoms with Crippen LogP contribution in [0, 0.1) is 6.92 Å². The van der Waals surface area contributed by atoms with Crippen LogP contribution in [0.25, 0.3) is 0 Å². The molecule has 0 amide bonds. The summed E-state index contributed by atoms with van der Waals surface area (Å²) >= 11 is 0. The van der Waals surface area contributed by atoms with E-state index in [9.17, 15) is 0 Å². The molecule has 2 heteroatoms. The van der Waals surface area contributed by atoms with E-state index in [4.69, 9.17) is 0 Å². The van der Waals surface area contributed by atoms with E-state index >= 15 is 0 Å². The molecule has 0 saturated carbocycles. The van der Waals surface area contributed by atoms with Crippen LogP contribution in [0.4, 0.5) is 0 Å². The number of hydrogen-bond donors (Lipinski definition) is 0. The van der Waals surface area contributed by atoms with Crippen molar-refractivity contribution in [2.24, 2.45) is 0 Å². The van der Waals surface area contributed by atoms with Crippen LogP contribution in [0.15, 0.2) is 17.9 Å².